The second-order valence-electron chi connectivity index (χ2n) is 5.72. The molecule has 28 heavy (non-hydrogen) atoms. The molecule has 0 radical (unpaired) electrons. The zero-order chi connectivity index (χ0) is 20.1. The molecule has 0 fully saturated rings. The van der Waals surface area contributed by atoms with Crippen LogP contribution in [0.1, 0.15) is 22.7 Å². The average Bonchev–Trinajstić information content (AvgIpc) is 3.37. The van der Waals surface area contributed by atoms with Gasteiger partial charge in [-0.2, -0.15) is 5.10 Å². The van der Waals surface area contributed by atoms with Gasteiger partial charge in [-0.15, -0.1) is 6.58 Å². The lowest BCUT2D eigenvalue weighted by molar-refractivity contribution is -0.116. The number of amides is 2. The highest BCUT2D eigenvalue weighted by molar-refractivity contribution is 7.71. The van der Waals surface area contributed by atoms with Gasteiger partial charge in [0.1, 0.15) is 0 Å². The highest BCUT2D eigenvalue weighted by atomic mass is 32.1. The third kappa shape index (κ3) is 4.43. The summed E-state index contributed by atoms with van der Waals surface area (Å²) >= 11 is 6.53. The first-order chi connectivity index (χ1) is 13.5. The van der Waals surface area contributed by atoms with Crippen LogP contribution in [0.25, 0.3) is 10.7 Å². The first-order valence-electron chi connectivity index (χ1n) is 8.35. The van der Waals surface area contributed by atoms with Gasteiger partial charge in [0.25, 0.3) is 5.91 Å². The maximum atomic E-state index is 12.1. The molecule has 0 saturated heterocycles. The fourth-order valence-electron chi connectivity index (χ4n) is 2.41. The Bertz CT molecular complexity index is 1050. The van der Waals surface area contributed by atoms with Gasteiger partial charge < -0.3 is 15.1 Å². The summed E-state index contributed by atoms with van der Waals surface area (Å²) in [5.74, 6) is 0.222. The minimum Gasteiger partial charge on any atom is -0.459 e. The number of carbonyl (C=O) groups excluding carboxylic acids is 2. The normalized spacial score (nSPS) is 10.6. The van der Waals surface area contributed by atoms with Crippen molar-refractivity contribution in [3.05, 3.63) is 47.3 Å². The molecule has 0 aliphatic carbocycles. The van der Waals surface area contributed by atoms with Gasteiger partial charge in [0.15, 0.2) is 21.5 Å². The Labute approximate surface area is 169 Å². The molecule has 0 aliphatic heterocycles. The number of H-pyrrole nitrogens is 1. The zero-order valence-corrected chi connectivity index (χ0v) is 16.7. The number of aromatic nitrogens is 4. The average molecular weight is 419 g/mol. The van der Waals surface area contributed by atoms with Gasteiger partial charge in [0, 0.05) is 19.5 Å². The summed E-state index contributed by atoms with van der Waals surface area (Å²) in [5.41, 5.74) is 0.728. The predicted octanol–water partition coefficient (Wildman–Crippen LogP) is 2.91. The molecular weight excluding hydrogens is 400 g/mol. The number of carbonyl (C=O) groups is 2. The predicted molar refractivity (Wildman–Crippen MR) is 108 cm³/mol. The van der Waals surface area contributed by atoms with E-state index in [-0.39, 0.29) is 30.5 Å². The van der Waals surface area contributed by atoms with Crippen molar-refractivity contribution in [2.24, 2.45) is 0 Å². The van der Waals surface area contributed by atoms with E-state index >= 15 is 0 Å². The number of anilines is 1. The third-order valence-corrected chi connectivity index (χ3v) is 5.08. The number of furan rings is 1. The molecule has 3 aromatic heterocycles. The van der Waals surface area contributed by atoms with E-state index in [4.69, 9.17) is 16.6 Å². The summed E-state index contributed by atoms with van der Waals surface area (Å²) < 4.78 is 7.28. The Morgan fingerprint density at radius 1 is 1.50 bits per heavy atom. The van der Waals surface area contributed by atoms with Gasteiger partial charge >= 0.3 is 0 Å². The van der Waals surface area contributed by atoms with Crippen molar-refractivity contribution in [2.75, 3.05) is 11.9 Å². The first kappa shape index (κ1) is 19.7. The quantitative estimate of drug-likeness (QED) is 0.382. The van der Waals surface area contributed by atoms with Gasteiger partial charge in [-0.3, -0.25) is 19.3 Å². The zero-order valence-electron chi connectivity index (χ0n) is 15.0. The Balaban J connectivity index is 1.60. The highest BCUT2D eigenvalue weighted by Gasteiger charge is 2.17. The standard InChI is InChI=1S/C17H18N6O3S2/c1-3-8-23-14(21-22-17(23)27)13-10(2)19-16(28-13)20-12(24)6-7-18-15(25)11-5-4-9-26-11/h3-5,9H,1,6-8H2,2H3,(H,18,25)(H,22,27)(H,19,20,24). The molecule has 146 valence electrons. The largest absolute Gasteiger partial charge is 0.459 e. The van der Waals surface area contributed by atoms with E-state index in [1.807, 2.05) is 6.92 Å². The Hall–Kier alpha value is -3.05. The van der Waals surface area contributed by atoms with Crippen molar-refractivity contribution in [1.29, 1.82) is 0 Å². The van der Waals surface area contributed by atoms with Crippen molar-refractivity contribution in [3.8, 4) is 10.7 Å². The monoisotopic (exact) mass is 418 g/mol. The Morgan fingerprint density at radius 3 is 3.04 bits per heavy atom. The van der Waals surface area contributed by atoms with Crippen molar-refractivity contribution in [1.82, 2.24) is 25.1 Å². The summed E-state index contributed by atoms with van der Waals surface area (Å²) in [6.07, 6.45) is 3.25. The number of aryl methyl sites for hydroxylation is 1. The summed E-state index contributed by atoms with van der Waals surface area (Å²) in [6.45, 7) is 6.25. The van der Waals surface area contributed by atoms with Gasteiger partial charge in [-0.25, -0.2) is 4.98 Å². The van der Waals surface area contributed by atoms with E-state index in [2.05, 4.69) is 32.4 Å². The summed E-state index contributed by atoms with van der Waals surface area (Å²) in [7, 11) is 0. The minimum atomic E-state index is -0.366. The van der Waals surface area contributed by atoms with Crippen LogP contribution in [-0.4, -0.2) is 38.1 Å². The lowest BCUT2D eigenvalue weighted by atomic mass is 10.3. The van der Waals surface area contributed by atoms with Crippen LogP contribution in [-0.2, 0) is 11.3 Å². The van der Waals surface area contributed by atoms with E-state index in [9.17, 15) is 9.59 Å². The van der Waals surface area contributed by atoms with Crippen LogP contribution < -0.4 is 10.6 Å². The van der Waals surface area contributed by atoms with Gasteiger partial charge in [0.05, 0.1) is 16.8 Å². The molecule has 0 saturated carbocycles. The minimum absolute atomic E-state index is 0.107. The maximum absolute atomic E-state index is 12.1. The highest BCUT2D eigenvalue weighted by Crippen LogP contribution is 2.31. The fourth-order valence-corrected chi connectivity index (χ4v) is 3.60. The van der Waals surface area contributed by atoms with Crippen LogP contribution in [0.2, 0.25) is 0 Å². The third-order valence-electron chi connectivity index (χ3n) is 3.70. The number of aromatic amines is 1. The van der Waals surface area contributed by atoms with E-state index < -0.39 is 0 Å². The lowest BCUT2D eigenvalue weighted by Gasteiger charge is -2.03. The van der Waals surface area contributed by atoms with E-state index in [0.29, 0.717) is 22.3 Å². The molecule has 9 nitrogen and oxygen atoms in total. The van der Waals surface area contributed by atoms with Crippen LogP contribution in [0.4, 0.5) is 5.13 Å². The Morgan fingerprint density at radius 2 is 2.32 bits per heavy atom. The molecule has 0 bridgehead atoms. The molecule has 3 N–H and O–H groups in total. The molecule has 0 aliphatic rings. The second-order valence-corrected chi connectivity index (χ2v) is 7.10. The number of hydrogen-bond donors (Lipinski definition) is 3. The van der Waals surface area contributed by atoms with E-state index in [0.717, 1.165) is 10.6 Å². The SMILES string of the molecule is C=CCn1c(-c2sc(NC(=O)CCNC(=O)c3ccco3)nc2C)n[nH]c1=S. The molecule has 0 atom stereocenters. The molecule has 0 spiro atoms. The topological polar surface area (TPSA) is 118 Å². The summed E-state index contributed by atoms with van der Waals surface area (Å²) in [6, 6.07) is 3.17. The van der Waals surface area contributed by atoms with Gasteiger partial charge in [-0.05, 0) is 31.3 Å². The Kier molecular flexibility index (Phi) is 6.16. The fraction of sp³-hybridized carbons (Fsp3) is 0.235. The van der Waals surface area contributed by atoms with Crippen molar-refractivity contribution in [3.63, 3.8) is 0 Å². The molecular formula is C17H18N6O3S2. The first-order valence-corrected chi connectivity index (χ1v) is 9.57. The molecule has 3 rings (SSSR count). The number of thiazole rings is 1. The van der Waals surface area contributed by atoms with Crippen LogP contribution in [0.15, 0.2) is 35.5 Å². The van der Waals surface area contributed by atoms with Crippen molar-refractivity contribution >= 4 is 40.5 Å². The van der Waals surface area contributed by atoms with E-state index in [1.54, 1.807) is 22.8 Å². The lowest BCUT2D eigenvalue weighted by Crippen LogP contribution is -2.27. The number of nitrogens with zero attached hydrogens (tertiary/aromatic N) is 3. The van der Waals surface area contributed by atoms with Crippen molar-refractivity contribution in [2.45, 2.75) is 19.9 Å². The molecule has 11 heteroatoms. The maximum Gasteiger partial charge on any atom is 0.286 e. The molecule has 0 unspecified atom stereocenters. The smallest absolute Gasteiger partial charge is 0.286 e. The van der Waals surface area contributed by atoms with Crippen molar-refractivity contribution < 1.29 is 14.0 Å². The number of hydrogen-bond acceptors (Lipinski definition) is 7. The van der Waals surface area contributed by atoms with Crippen LogP contribution in [0.5, 0.6) is 0 Å². The molecule has 3 aromatic rings. The molecule has 2 amide bonds. The number of allylic oxidation sites excluding steroid dienone is 1. The van der Waals surface area contributed by atoms with Crippen LogP contribution in [0, 0.1) is 11.7 Å². The summed E-state index contributed by atoms with van der Waals surface area (Å²) in [4.78, 5) is 29.1. The van der Waals surface area contributed by atoms with Gasteiger partial charge in [-0.1, -0.05) is 17.4 Å². The van der Waals surface area contributed by atoms with Gasteiger partial charge in [0.2, 0.25) is 5.91 Å². The molecule has 0 aromatic carbocycles. The number of nitrogens with one attached hydrogen (secondary N) is 3. The molecule has 3 heterocycles. The summed E-state index contributed by atoms with van der Waals surface area (Å²) in [5, 5.41) is 12.8. The van der Waals surface area contributed by atoms with Crippen LogP contribution >= 0.6 is 23.6 Å². The van der Waals surface area contributed by atoms with E-state index in [1.165, 1.54) is 17.6 Å². The van der Waals surface area contributed by atoms with Crippen LogP contribution in [0.3, 0.4) is 0 Å². The second kappa shape index (κ2) is 8.76. The number of rotatable bonds is 8.